The Kier molecular flexibility index (Phi) is 4.89. The number of tetrazole rings is 1. The van der Waals surface area contributed by atoms with Crippen molar-refractivity contribution in [1.82, 2.24) is 25.1 Å². The normalized spacial score (nSPS) is 17.3. The van der Waals surface area contributed by atoms with Crippen molar-refractivity contribution in [2.75, 3.05) is 44.2 Å². The summed E-state index contributed by atoms with van der Waals surface area (Å²) < 4.78 is 1.73. The number of rotatable bonds is 6. The zero-order valence-corrected chi connectivity index (χ0v) is 11.1. The molecule has 2 N–H and O–H groups in total. The summed E-state index contributed by atoms with van der Waals surface area (Å²) in [5.41, 5.74) is 5.49. The molecule has 0 atom stereocenters. The fraction of sp³-hybridized carbons (Fsp3) is 0.909. The van der Waals surface area contributed by atoms with Gasteiger partial charge in [0.15, 0.2) is 0 Å². The summed E-state index contributed by atoms with van der Waals surface area (Å²) in [7, 11) is 1.88. The first kappa shape index (κ1) is 13.2. The van der Waals surface area contributed by atoms with E-state index in [0.717, 1.165) is 45.1 Å². The van der Waals surface area contributed by atoms with Crippen LogP contribution in [0.25, 0.3) is 0 Å². The summed E-state index contributed by atoms with van der Waals surface area (Å²) in [5.74, 6) is 0.873. The summed E-state index contributed by atoms with van der Waals surface area (Å²) in [6.45, 7) is 6.19. The van der Waals surface area contributed by atoms with E-state index in [1.165, 1.54) is 19.4 Å². The van der Waals surface area contributed by atoms with Crippen molar-refractivity contribution in [3.8, 4) is 0 Å². The molecule has 1 aromatic rings. The van der Waals surface area contributed by atoms with Gasteiger partial charge in [0, 0.05) is 33.2 Å². The summed E-state index contributed by atoms with van der Waals surface area (Å²) in [5, 5.41) is 11.6. The molecule has 2 rings (SSSR count). The number of nitrogens with zero attached hydrogens (tertiary/aromatic N) is 6. The molecule has 0 spiro atoms. The van der Waals surface area contributed by atoms with Gasteiger partial charge in [-0.15, -0.1) is 0 Å². The lowest BCUT2D eigenvalue weighted by Gasteiger charge is -2.34. The number of aromatic nitrogens is 4. The second-order valence-electron chi connectivity index (χ2n) is 4.78. The molecule has 1 saturated heterocycles. The van der Waals surface area contributed by atoms with E-state index in [-0.39, 0.29) is 0 Å². The molecular weight excluding hydrogens is 230 g/mol. The van der Waals surface area contributed by atoms with Gasteiger partial charge in [0.2, 0.25) is 5.95 Å². The third kappa shape index (κ3) is 3.39. The lowest BCUT2D eigenvalue weighted by atomic mass is 10.2. The molecule has 102 valence electrons. The van der Waals surface area contributed by atoms with Crippen LogP contribution in [0.2, 0.25) is 0 Å². The van der Waals surface area contributed by atoms with Crippen molar-refractivity contribution in [2.24, 2.45) is 12.8 Å². The average Bonchev–Trinajstić information content (AvgIpc) is 2.82. The first-order valence-electron chi connectivity index (χ1n) is 6.71. The maximum Gasteiger partial charge on any atom is 0.245 e. The largest absolute Gasteiger partial charge is 0.337 e. The van der Waals surface area contributed by atoms with Crippen LogP contribution in [0, 0.1) is 0 Å². The first-order chi connectivity index (χ1) is 8.81. The Balaban J connectivity index is 1.70. The van der Waals surface area contributed by atoms with E-state index in [0.29, 0.717) is 0 Å². The van der Waals surface area contributed by atoms with Gasteiger partial charge < -0.3 is 10.6 Å². The molecule has 0 aliphatic carbocycles. The number of unbranched alkanes of at least 4 members (excludes halogenated alkanes) is 2. The monoisotopic (exact) mass is 253 g/mol. The van der Waals surface area contributed by atoms with E-state index in [2.05, 4.69) is 25.3 Å². The predicted molar refractivity (Wildman–Crippen MR) is 70.4 cm³/mol. The number of aryl methyl sites for hydroxylation is 1. The minimum Gasteiger partial charge on any atom is -0.337 e. The van der Waals surface area contributed by atoms with Gasteiger partial charge in [0.1, 0.15) is 0 Å². The Morgan fingerprint density at radius 1 is 1.11 bits per heavy atom. The molecule has 0 aromatic carbocycles. The molecule has 1 aliphatic heterocycles. The molecule has 0 radical (unpaired) electrons. The summed E-state index contributed by atoms with van der Waals surface area (Å²) in [4.78, 5) is 4.76. The van der Waals surface area contributed by atoms with Crippen molar-refractivity contribution in [1.29, 1.82) is 0 Å². The molecule has 1 fully saturated rings. The number of piperazine rings is 1. The highest BCUT2D eigenvalue weighted by atomic mass is 15.6. The molecule has 7 heteroatoms. The third-order valence-electron chi connectivity index (χ3n) is 3.43. The molecular formula is C11H23N7. The highest BCUT2D eigenvalue weighted by Gasteiger charge is 2.19. The smallest absolute Gasteiger partial charge is 0.245 e. The number of hydrogen-bond donors (Lipinski definition) is 1. The van der Waals surface area contributed by atoms with Gasteiger partial charge in [-0.05, 0) is 36.4 Å². The van der Waals surface area contributed by atoms with Crippen LogP contribution in [-0.4, -0.2) is 64.4 Å². The topological polar surface area (TPSA) is 76.1 Å². The average molecular weight is 253 g/mol. The van der Waals surface area contributed by atoms with Crippen molar-refractivity contribution < 1.29 is 0 Å². The van der Waals surface area contributed by atoms with Gasteiger partial charge in [0.25, 0.3) is 0 Å². The van der Waals surface area contributed by atoms with Crippen molar-refractivity contribution in [2.45, 2.75) is 19.3 Å². The third-order valence-corrected chi connectivity index (χ3v) is 3.43. The van der Waals surface area contributed by atoms with E-state index >= 15 is 0 Å². The highest BCUT2D eigenvalue weighted by molar-refractivity contribution is 5.28. The van der Waals surface area contributed by atoms with Gasteiger partial charge in [-0.1, -0.05) is 11.5 Å². The molecule has 1 aromatic heterocycles. The van der Waals surface area contributed by atoms with Crippen LogP contribution >= 0.6 is 0 Å². The Morgan fingerprint density at radius 2 is 1.89 bits per heavy atom. The molecule has 0 saturated carbocycles. The molecule has 0 bridgehead atoms. The first-order valence-corrected chi connectivity index (χ1v) is 6.71. The van der Waals surface area contributed by atoms with Crippen LogP contribution in [0.1, 0.15) is 19.3 Å². The van der Waals surface area contributed by atoms with Gasteiger partial charge in [0.05, 0.1) is 0 Å². The van der Waals surface area contributed by atoms with Crippen LogP contribution in [0.3, 0.4) is 0 Å². The van der Waals surface area contributed by atoms with Crippen molar-refractivity contribution in [3.63, 3.8) is 0 Å². The van der Waals surface area contributed by atoms with E-state index in [4.69, 9.17) is 5.73 Å². The van der Waals surface area contributed by atoms with Gasteiger partial charge in [-0.2, -0.15) is 0 Å². The quantitative estimate of drug-likeness (QED) is 0.686. The Bertz CT molecular complexity index is 343. The van der Waals surface area contributed by atoms with Gasteiger partial charge in [-0.3, -0.25) is 4.90 Å². The Hall–Kier alpha value is -1.21. The van der Waals surface area contributed by atoms with E-state index in [9.17, 15) is 0 Å². The molecule has 1 aliphatic rings. The zero-order valence-electron chi connectivity index (χ0n) is 11.1. The minimum absolute atomic E-state index is 0.812. The van der Waals surface area contributed by atoms with Crippen LogP contribution in [0.5, 0.6) is 0 Å². The SMILES string of the molecule is Cn1nnnc1N1CCN(CCCCCN)CC1. The molecule has 18 heavy (non-hydrogen) atoms. The lowest BCUT2D eigenvalue weighted by molar-refractivity contribution is 0.250. The lowest BCUT2D eigenvalue weighted by Crippen LogP contribution is -2.47. The van der Waals surface area contributed by atoms with Crippen LogP contribution < -0.4 is 10.6 Å². The summed E-state index contributed by atoms with van der Waals surface area (Å²) in [6.07, 6.45) is 3.64. The van der Waals surface area contributed by atoms with Gasteiger partial charge in [-0.25, -0.2) is 4.68 Å². The standard InChI is InChI=1S/C11H23N7/c1-16-11(13-14-15-16)18-9-7-17(8-10-18)6-4-2-3-5-12/h2-10,12H2,1H3. The molecule has 2 heterocycles. The molecule has 0 unspecified atom stereocenters. The fourth-order valence-corrected chi connectivity index (χ4v) is 2.32. The zero-order chi connectivity index (χ0) is 12.8. The Labute approximate surface area is 108 Å². The summed E-state index contributed by atoms with van der Waals surface area (Å²) >= 11 is 0. The van der Waals surface area contributed by atoms with Crippen molar-refractivity contribution in [3.05, 3.63) is 0 Å². The summed E-state index contributed by atoms with van der Waals surface area (Å²) in [6, 6.07) is 0. The number of nitrogens with two attached hydrogens (primary N) is 1. The maximum atomic E-state index is 5.49. The van der Waals surface area contributed by atoms with E-state index in [1.807, 2.05) is 7.05 Å². The van der Waals surface area contributed by atoms with Crippen LogP contribution in [0.15, 0.2) is 0 Å². The molecule has 0 amide bonds. The minimum atomic E-state index is 0.812. The highest BCUT2D eigenvalue weighted by Crippen LogP contribution is 2.11. The Morgan fingerprint density at radius 3 is 2.50 bits per heavy atom. The van der Waals surface area contributed by atoms with Crippen LogP contribution in [0.4, 0.5) is 5.95 Å². The van der Waals surface area contributed by atoms with Crippen LogP contribution in [-0.2, 0) is 7.05 Å². The van der Waals surface area contributed by atoms with Crippen molar-refractivity contribution >= 4 is 5.95 Å². The number of anilines is 1. The van der Waals surface area contributed by atoms with E-state index in [1.54, 1.807) is 4.68 Å². The maximum absolute atomic E-state index is 5.49. The predicted octanol–water partition coefficient (Wildman–Crippen LogP) is -0.539. The van der Waals surface area contributed by atoms with Gasteiger partial charge >= 0.3 is 0 Å². The fourth-order valence-electron chi connectivity index (χ4n) is 2.32. The second-order valence-corrected chi connectivity index (χ2v) is 4.78. The molecule has 7 nitrogen and oxygen atoms in total. The number of hydrogen-bond acceptors (Lipinski definition) is 6. The second kappa shape index (κ2) is 6.65. The van der Waals surface area contributed by atoms with E-state index < -0.39 is 0 Å².